The van der Waals surface area contributed by atoms with Crippen molar-refractivity contribution in [2.24, 2.45) is 5.41 Å². The van der Waals surface area contributed by atoms with Gasteiger partial charge < -0.3 is 10.1 Å². The van der Waals surface area contributed by atoms with Gasteiger partial charge in [0.15, 0.2) is 0 Å². The first-order valence-electron chi connectivity index (χ1n) is 8.12. The number of carbonyl (C=O) groups is 1. The molecule has 0 fully saturated rings. The van der Waals surface area contributed by atoms with Crippen LogP contribution in [0.2, 0.25) is 0 Å². The molecule has 1 atom stereocenters. The van der Waals surface area contributed by atoms with Crippen molar-refractivity contribution in [1.82, 2.24) is 5.32 Å². The molecule has 120 valence electrons. The van der Waals surface area contributed by atoms with Gasteiger partial charge in [-0.1, -0.05) is 68.5 Å². The van der Waals surface area contributed by atoms with Gasteiger partial charge in [0, 0.05) is 5.41 Å². The second-order valence-electron chi connectivity index (χ2n) is 6.77. The average Bonchev–Trinajstić information content (AvgIpc) is 2.84. The van der Waals surface area contributed by atoms with E-state index >= 15 is 0 Å². The molecule has 1 unspecified atom stereocenters. The van der Waals surface area contributed by atoms with Crippen molar-refractivity contribution in [1.29, 1.82) is 0 Å². The van der Waals surface area contributed by atoms with E-state index in [1.54, 1.807) is 0 Å². The Kier molecular flexibility index (Phi) is 4.37. The Morgan fingerprint density at radius 1 is 1.22 bits per heavy atom. The summed E-state index contributed by atoms with van der Waals surface area (Å²) >= 11 is 0. The lowest BCUT2D eigenvalue weighted by atomic mass is 9.92. The number of ether oxygens (including phenoxy) is 1. The summed E-state index contributed by atoms with van der Waals surface area (Å²) < 4.78 is 5.33. The standard InChI is InChI=1S/C20H23NO2/c1-20(2)12-10-16-8-9-18(17(16)11-13-20)21-19(22)23-14-15-6-4-3-5-7-15/h3-7,10-13,18H,8-9,14H2,1-2H3,(H,21,22). The summed E-state index contributed by atoms with van der Waals surface area (Å²) in [5.74, 6) is 0. The number of alkyl carbamates (subject to hydrolysis) is 1. The molecular weight excluding hydrogens is 286 g/mol. The summed E-state index contributed by atoms with van der Waals surface area (Å²) in [6.07, 6.45) is 10.4. The first-order valence-corrected chi connectivity index (χ1v) is 8.12. The van der Waals surface area contributed by atoms with Crippen molar-refractivity contribution < 1.29 is 9.53 Å². The minimum Gasteiger partial charge on any atom is -0.445 e. The van der Waals surface area contributed by atoms with Gasteiger partial charge in [-0.15, -0.1) is 0 Å². The predicted molar refractivity (Wildman–Crippen MR) is 91.9 cm³/mol. The Hall–Kier alpha value is -2.29. The highest BCUT2D eigenvalue weighted by molar-refractivity contribution is 5.69. The van der Waals surface area contributed by atoms with Crippen molar-refractivity contribution in [3.8, 4) is 0 Å². The number of allylic oxidation sites excluding steroid dienone is 4. The SMILES string of the molecule is CC1(C)C=CC2=C(C=C1)C(NC(=O)OCc1ccccc1)CC2. The lowest BCUT2D eigenvalue weighted by molar-refractivity contribution is 0.137. The molecule has 0 bridgehead atoms. The first-order chi connectivity index (χ1) is 11.0. The van der Waals surface area contributed by atoms with Crippen molar-refractivity contribution in [2.75, 3.05) is 0 Å². The molecule has 2 aliphatic carbocycles. The van der Waals surface area contributed by atoms with E-state index in [1.165, 1.54) is 11.1 Å². The van der Waals surface area contributed by atoms with Crippen molar-refractivity contribution in [3.63, 3.8) is 0 Å². The average molecular weight is 309 g/mol. The first kappa shape index (κ1) is 15.6. The van der Waals surface area contributed by atoms with Crippen LogP contribution >= 0.6 is 0 Å². The molecule has 1 N–H and O–H groups in total. The highest BCUT2D eigenvalue weighted by Gasteiger charge is 2.27. The van der Waals surface area contributed by atoms with Crippen LogP contribution in [0, 0.1) is 5.41 Å². The number of benzene rings is 1. The van der Waals surface area contributed by atoms with Gasteiger partial charge in [-0.25, -0.2) is 4.79 Å². The summed E-state index contributed by atoms with van der Waals surface area (Å²) in [7, 11) is 0. The molecule has 1 amide bonds. The summed E-state index contributed by atoms with van der Waals surface area (Å²) in [6, 6.07) is 9.77. The zero-order valence-electron chi connectivity index (χ0n) is 13.7. The van der Waals surface area contributed by atoms with Gasteiger partial charge in [0.2, 0.25) is 0 Å². The van der Waals surface area contributed by atoms with Crippen LogP contribution in [0.25, 0.3) is 0 Å². The van der Waals surface area contributed by atoms with Crippen LogP contribution < -0.4 is 5.32 Å². The minimum absolute atomic E-state index is 0.0445. The molecule has 3 rings (SSSR count). The smallest absolute Gasteiger partial charge is 0.407 e. The van der Waals surface area contributed by atoms with Crippen LogP contribution in [-0.4, -0.2) is 12.1 Å². The quantitative estimate of drug-likeness (QED) is 0.891. The molecule has 3 nitrogen and oxygen atoms in total. The second-order valence-corrected chi connectivity index (χ2v) is 6.77. The van der Waals surface area contributed by atoms with Crippen molar-refractivity contribution in [3.05, 3.63) is 71.3 Å². The number of hydrogen-bond acceptors (Lipinski definition) is 2. The molecule has 0 heterocycles. The fraction of sp³-hybridized carbons (Fsp3) is 0.350. The summed E-state index contributed by atoms with van der Waals surface area (Å²) in [5.41, 5.74) is 3.58. The van der Waals surface area contributed by atoms with Crippen molar-refractivity contribution >= 4 is 6.09 Å². The van der Waals surface area contributed by atoms with E-state index in [1.807, 2.05) is 30.3 Å². The van der Waals surface area contributed by atoms with Crippen LogP contribution in [0.1, 0.15) is 32.3 Å². The van der Waals surface area contributed by atoms with Crippen LogP contribution in [0.3, 0.4) is 0 Å². The third-order valence-electron chi connectivity index (χ3n) is 4.36. The number of nitrogens with one attached hydrogen (secondary N) is 1. The predicted octanol–water partition coefficient (Wildman–Crippen LogP) is 4.52. The van der Waals surface area contributed by atoms with Gasteiger partial charge in [0.25, 0.3) is 0 Å². The molecule has 0 radical (unpaired) electrons. The Balaban J connectivity index is 1.59. The fourth-order valence-electron chi connectivity index (χ4n) is 2.96. The van der Waals surface area contributed by atoms with E-state index in [0.717, 1.165) is 18.4 Å². The van der Waals surface area contributed by atoms with Crippen LogP contribution in [0.4, 0.5) is 4.79 Å². The van der Waals surface area contributed by atoms with Gasteiger partial charge in [-0.2, -0.15) is 0 Å². The fourth-order valence-corrected chi connectivity index (χ4v) is 2.96. The molecule has 0 saturated carbocycles. The van der Waals surface area contributed by atoms with Crippen LogP contribution in [-0.2, 0) is 11.3 Å². The number of amides is 1. The zero-order valence-corrected chi connectivity index (χ0v) is 13.7. The highest BCUT2D eigenvalue weighted by atomic mass is 16.5. The van der Waals surface area contributed by atoms with E-state index in [4.69, 9.17) is 4.74 Å². The van der Waals surface area contributed by atoms with Crippen LogP contribution in [0.5, 0.6) is 0 Å². The second kappa shape index (κ2) is 6.45. The maximum atomic E-state index is 12.1. The molecule has 0 aromatic heterocycles. The monoisotopic (exact) mass is 309 g/mol. The largest absolute Gasteiger partial charge is 0.445 e. The molecule has 0 saturated heterocycles. The van der Waals surface area contributed by atoms with Crippen molar-refractivity contribution in [2.45, 2.75) is 39.3 Å². The van der Waals surface area contributed by atoms with Gasteiger partial charge in [0.05, 0.1) is 6.04 Å². The summed E-state index contributed by atoms with van der Waals surface area (Å²) in [4.78, 5) is 12.1. The highest BCUT2D eigenvalue weighted by Crippen LogP contribution is 2.34. The Morgan fingerprint density at radius 2 is 1.96 bits per heavy atom. The molecule has 0 spiro atoms. The number of hydrogen-bond donors (Lipinski definition) is 1. The molecular formula is C20H23NO2. The minimum atomic E-state index is -0.353. The Bertz CT molecular complexity index is 668. The van der Waals surface area contributed by atoms with E-state index < -0.39 is 0 Å². The summed E-state index contributed by atoms with van der Waals surface area (Å²) in [5, 5.41) is 3.00. The lowest BCUT2D eigenvalue weighted by Gasteiger charge is -2.16. The van der Waals surface area contributed by atoms with E-state index in [2.05, 4.69) is 43.5 Å². The van der Waals surface area contributed by atoms with Gasteiger partial charge in [0.1, 0.15) is 6.61 Å². The Morgan fingerprint density at radius 3 is 2.74 bits per heavy atom. The number of rotatable bonds is 3. The third kappa shape index (κ3) is 3.92. The summed E-state index contributed by atoms with van der Waals surface area (Å²) in [6.45, 7) is 4.66. The molecule has 3 heteroatoms. The van der Waals surface area contributed by atoms with Gasteiger partial charge in [-0.3, -0.25) is 0 Å². The third-order valence-corrected chi connectivity index (χ3v) is 4.36. The van der Waals surface area contributed by atoms with Gasteiger partial charge >= 0.3 is 6.09 Å². The Labute approximate surface area is 137 Å². The van der Waals surface area contributed by atoms with E-state index in [-0.39, 0.29) is 17.6 Å². The zero-order chi connectivity index (χ0) is 16.3. The molecule has 1 aromatic carbocycles. The topological polar surface area (TPSA) is 38.3 Å². The maximum Gasteiger partial charge on any atom is 0.407 e. The molecule has 0 aliphatic heterocycles. The maximum absolute atomic E-state index is 12.1. The molecule has 23 heavy (non-hydrogen) atoms. The van der Waals surface area contributed by atoms with E-state index in [9.17, 15) is 4.79 Å². The number of carbonyl (C=O) groups excluding carboxylic acids is 1. The van der Waals surface area contributed by atoms with Crippen LogP contribution in [0.15, 0.2) is 65.8 Å². The molecule has 2 aliphatic rings. The van der Waals surface area contributed by atoms with E-state index in [0.29, 0.717) is 6.61 Å². The molecule has 1 aromatic rings. The van der Waals surface area contributed by atoms with Gasteiger partial charge in [-0.05, 0) is 29.6 Å². The lowest BCUT2D eigenvalue weighted by Crippen LogP contribution is -2.34. The normalized spacial score (nSPS) is 21.7.